The number of piperazine rings is 1. The highest BCUT2D eigenvalue weighted by Crippen LogP contribution is 2.35. The average molecular weight is 458 g/mol. The van der Waals surface area contributed by atoms with Gasteiger partial charge >= 0.3 is 11.8 Å². The van der Waals surface area contributed by atoms with Crippen molar-refractivity contribution in [3.05, 3.63) is 53.8 Å². The predicted octanol–water partition coefficient (Wildman–Crippen LogP) is 0.642. The number of aliphatic hydroxyl groups is 1. The number of benzene rings is 2. The third-order valence-electron chi connectivity index (χ3n) is 5.79. The van der Waals surface area contributed by atoms with E-state index in [9.17, 15) is 14.0 Å². The Labute approximate surface area is 191 Å². The summed E-state index contributed by atoms with van der Waals surface area (Å²) in [6.07, 6.45) is 0. The maximum atomic E-state index is 13.3. The molecule has 4 rings (SSSR count). The molecule has 0 spiro atoms. The van der Waals surface area contributed by atoms with Gasteiger partial charge in [0.1, 0.15) is 5.82 Å². The van der Waals surface area contributed by atoms with E-state index in [1.807, 2.05) is 18.2 Å². The largest absolute Gasteiger partial charge is 0.454 e. The molecule has 2 aliphatic rings. The molecule has 0 aliphatic carbocycles. The third-order valence-corrected chi connectivity index (χ3v) is 5.79. The van der Waals surface area contributed by atoms with Crippen molar-refractivity contribution in [2.75, 3.05) is 57.6 Å². The minimum atomic E-state index is -0.783. The summed E-state index contributed by atoms with van der Waals surface area (Å²) in [6.45, 7) is 3.06. The molecule has 1 fully saturated rings. The van der Waals surface area contributed by atoms with E-state index >= 15 is 0 Å². The second-order valence-electron chi connectivity index (χ2n) is 7.82. The summed E-state index contributed by atoms with van der Waals surface area (Å²) in [5, 5.41) is 13.9. The molecular weight excluding hydrogens is 431 g/mol. The highest BCUT2D eigenvalue weighted by Gasteiger charge is 2.28. The predicted molar refractivity (Wildman–Crippen MR) is 119 cm³/mol. The van der Waals surface area contributed by atoms with Crippen molar-refractivity contribution >= 4 is 17.5 Å². The summed E-state index contributed by atoms with van der Waals surface area (Å²) in [7, 11) is 0. The Morgan fingerprint density at radius 2 is 1.67 bits per heavy atom. The van der Waals surface area contributed by atoms with E-state index < -0.39 is 11.8 Å². The van der Waals surface area contributed by atoms with Gasteiger partial charge in [-0.2, -0.15) is 0 Å². The van der Waals surface area contributed by atoms with Crippen LogP contribution >= 0.6 is 0 Å². The normalized spacial score (nSPS) is 16.4. The van der Waals surface area contributed by atoms with Gasteiger partial charge in [-0.05, 0) is 42.0 Å². The molecule has 0 saturated carbocycles. The van der Waals surface area contributed by atoms with E-state index in [1.165, 1.54) is 12.1 Å². The molecule has 2 aliphatic heterocycles. The Bertz CT molecular complexity index is 979. The number of rotatable bonds is 7. The quantitative estimate of drug-likeness (QED) is 0.524. The number of hydrogen-bond acceptors (Lipinski definition) is 7. The number of fused-ring (bicyclic) bond motifs is 1. The topological polar surface area (TPSA) is 103 Å². The standard InChI is InChI=1S/C23H27FN4O5/c24-17-2-4-18(5-3-17)27-8-10-28(11-9-27)19(14-26-23(31)22(30)25-7-12-29)16-1-6-20-21(13-16)33-15-32-20/h1-6,13,19,29H,7-12,14-15H2,(H,25,30)(H,26,31)/t19-/m1/s1. The van der Waals surface area contributed by atoms with Crippen molar-refractivity contribution in [2.24, 2.45) is 0 Å². The van der Waals surface area contributed by atoms with E-state index in [0.717, 1.165) is 24.3 Å². The summed E-state index contributed by atoms with van der Waals surface area (Å²) in [4.78, 5) is 28.5. The van der Waals surface area contributed by atoms with Crippen molar-refractivity contribution in [3.63, 3.8) is 0 Å². The molecule has 176 valence electrons. The lowest BCUT2D eigenvalue weighted by Crippen LogP contribution is -2.51. The lowest BCUT2D eigenvalue weighted by Gasteiger charge is -2.40. The number of aliphatic hydroxyl groups excluding tert-OH is 1. The Morgan fingerprint density at radius 3 is 2.39 bits per heavy atom. The van der Waals surface area contributed by atoms with Gasteiger partial charge in [0.15, 0.2) is 11.5 Å². The van der Waals surface area contributed by atoms with E-state index in [-0.39, 0.29) is 38.3 Å². The molecule has 33 heavy (non-hydrogen) atoms. The lowest BCUT2D eigenvalue weighted by molar-refractivity contribution is -0.139. The van der Waals surface area contributed by atoms with Crippen molar-refractivity contribution in [2.45, 2.75) is 6.04 Å². The van der Waals surface area contributed by atoms with Gasteiger partial charge in [0.2, 0.25) is 6.79 Å². The van der Waals surface area contributed by atoms with E-state index in [1.54, 1.807) is 12.1 Å². The first kappa shape index (κ1) is 22.8. The van der Waals surface area contributed by atoms with E-state index in [4.69, 9.17) is 14.6 Å². The van der Waals surface area contributed by atoms with Crippen LogP contribution in [0, 0.1) is 5.82 Å². The summed E-state index contributed by atoms with van der Waals surface area (Å²) >= 11 is 0. The monoisotopic (exact) mass is 458 g/mol. The Kier molecular flexibility index (Phi) is 7.26. The average Bonchev–Trinajstić information content (AvgIpc) is 3.31. The molecule has 0 radical (unpaired) electrons. The maximum Gasteiger partial charge on any atom is 0.309 e. The molecule has 9 nitrogen and oxygen atoms in total. The van der Waals surface area contributed by atoms with Crippen LogP contribution in [0.1, 0.15) is 11.6 Å². The molecule has 2 aromatic carbocycles. The number of halogens is 1. The number of amides is 2. The van der Waals surface area contributed by atoms with Crippen LogP contribution < -0.4 is 25.0 Å². The molecule has 0 aromatic heterocycles. The van der Waals surface area contributed by atoms with Crippen LogP contribution in [0.15, 0.2) is 42.5 Å². The molecule has 0 bridgehead atoms. The number of ether oxygens (including phenoxy) is 2. The highest BCUT2D eigenvalue weighted by molar-refractivity contribution is 6.35. The maximum absolute atomic E-state index is 13.3. The van der Waals surface area contributed by atoms with Gasteiger partial charge in [0.25, 0.3) is 0 Å². The van der Waals surface area contributed by atoms with Crippen LogP contribution in [0.4, 0.5) is 10.1 Å². The molecule has 2 heterocycles. The second-order valence-corrected chi connectivity index (χ2v) is 7.82. The SMILES string of the molecule is O=C(NCCO)C(=O)NC[C@H](c1ccc2c(c1)OCO2)N1CCN(c2ccc(F)cc2)CC1. The third kappa shape index (κ3) is 5.52. The summed E-state index contributed by atoms with van der Waals surface area (Å²) in [6, 6.07) is 11.9. The zero-order valence-corrected chi connectivity index (χ0v) is 18.1. The Morgan fingerprint density at radius 1 is 0.970 bits per heavy atom. The molecule has 1 saturated heterocycles. The van der Waals surface area contributed by atoms with Crippen LogP contribution in [-0.2, 0) is 9.59 Å². The van der Waals surface area contributed by atoms with Gasteiger partial charge in [-0.15, -0.1) is 0 Å². The van der Waals surface area contributed by atoms with Crippen LogP contribution in [0.3, 0.4) is 0 Å². The van der Waals surface area contributed by atoms with Crippen LogP contribution in [0.5, 0.6) is 11.5 Å². The first-order valence-corrected chi connectivity index (χ1v) is 10.9. The van der Waals surface area contributed by atoms with Gasteiger partial charge in [0.05, 0.1) is 12.6 Å². The number of nitrogens with zero attached hydrogens (tertiary/aromatic N) is 2. The smallest absolute Gasteiger partial charge is 0.309 e. The van der Waals surface area contributed by atoms with Crippen molar-refractivity contribution in [1.29, 1.82) is 0 Å². The number of anilines is 1. The first-order chi connectivity index (χ1) is 16.0. The van der Waals surface area contributed by atoms with Crippen LogP contribution in [-0.4, -0.2) is 74.5 Å². The molecule has 2 amide bonds. The second kappa shape index (κ2) is 10.5. The molecule has 1 atom stereocenters. The fraction of sp³-hybridized carbons (Fsp3) is 0.391. The summed E-state index contributed by atoms with van der Waals surface area (Å²) in [5.74, 6) is -0.478. The Hall–Kier alpha value is -3.37. The molecule has 2 aromatic rings. The van der Waals surface area contributed by atoms with Gasteiger partial charge in [-0.3, -0.25) is 14.5 Å². The van der Waals surface area contributed by atoms with Gasteiger partial charge < -0.3 is 30.1 Å². The number of carbonyl (C=O) groups excluding carboxylic acids is 2. The minimum Gasteiger partial charge on any atom is -0.454 e. The van der Waals surface area contributed by atoms with Gasteiger partial charge in [-0.1, -0.05) is 6.07 Å². The minimum absolute atomic E-state index is 0.0171. The molecule has 10 heteroatoms. The number of hydrogen-bond donors (Lipinski definition) is 3. The zero-order chi connectivity index (χ0) is 23.2. The highest BCUT2D eigenvalue weighted by atomic mass is 19.1. The Balaban J connectivity index is 1.45. The molecular formula is C23H27FN4O5. The first-order valence-electron chi connectivity index (χ1n) is 10.9. The summed E-state index contributed by atoms with van der Waals surface area (Å²) in [5.41, 5.74) is 1.90. The van der Waals surface area contributed by atoms with Crippen molar-refractivity contribution < 1.29 is 28.6 Å². The summed E-state index contributed by atoms with van der Waals surface area (Å²) < 4.78 is 24.2. The van der Waals surface area contributed by atoms with Crippen LogP contribution in [0.25, 0.3) is 0 Å². The molecule has 0 unspecified atom stereocenters. The fourth-order valence-electron chi connectivity index (χ4n) is 4.04. The molecule has 3 N–H and O–H groups in total. The van der Waals surface area contributed by atoms with E-state index in [0.29, 0.717) is 24.6 Å². The van der Waals surface area contributed by atoms with Crippen LogP contribution in [0.2, 0.25) is 0 Å². The number of carbonyl (C=O) groups is 2. The van der Waals surface area contributed by atoms with Crippen molar-refractivity contribution in [3.8, 4) is 11.5 Å². The van der Waals surface area contributed by atoms with Gasteiger partial charge in [0, 0.05) is 45.0 Å². The van der Waals surface area contributed by atoms with Gasteiger partial charge in [-0.25, -0.2) is 4.39 Å². The zero-order valence-electron chi connectivity index (χ0n) is 18.1. The fourth-order valence-corrected chi connectivity index (χ4v) is 4.04. The van der Waals surface area contributed by atoms with E-state index in [2.05, 4.69) is 20.4 Å². The van der Waals surface area contributed by atoms with Crippen molar-refractivity contribution in [1.82, 2.24) is 15.5 Å². The lowest BCUT2D eigenvalue weighted by atomic mass is 10.0. The number of nitrogens with one attached hydrogen (secondary N) is 2.